The Bertz CT molecular complexity index is 353. The van der Waals surface area contributed by atoms with Gasteiger partial charge in [-0.25, -0.2) is 0 Å². The van der Waals surface area contributed by atoms with Crippen LogP contribution in [0.2, 0.25) is 4.34 Å². The van der Waals surface area contributed by atoms with Gasteiger partial charge >= 0.3 is 0 Å². The standard InChI is InChI=1S/C7H5ClN2OS/c1-4(11)10-6-3-12-7(8)5(6)2-9/h3H,1H3,(H,10,11). The van der Waals surface area contributed by atoms with Crippen LogP contribution in [-0.4, -0.2) is 5.91 Å². The molecule has 0 unspecified atom stereocenters. The van der Waals surface area contributed by atoms with Crippen molar-refractivity contribution in [3.8, 4) is 6.07 Å². The molecule has 1 aromatic rings. The van der Waals surface area contributed by atoms with Crippen LogP contribution >= 0.6 is 22.9 Å². The molecule has 0 spiro atoms. The molecule has 0 saturated heterocycles. The van der Waals surface area contributed by atoms with Gasteiger partial charge in [0.1, 0.15) is 16.0 Å². The maximum atomic E-state index is 10.6. The van der Waals surface area contributed by atoms with E-state index in [9.17, 15) is 4.79 Å². The fraction of sp³-hybridized carbons (Fsp3) is 0.143. The summed E-state index contributed by atoms with van der Waals surface area (Å²) in [7, 11) is 0. The van der Waals surface area contributed by atoms with Gasteiger partial charge in [0.05, 0.1) is 5.69 Å². The largest absolute Gasteiger partial charge is 0.324 e. The van der Waals surface area contributed by atoms with E-state index in [0.29, 0.717) is 15.6 Å². The average Bonchev–Trinajstić information content (AvgIpc) is 2.30. The number of carbonyl (C=O) groups excluding carboxylic acids is 1. The fourth-order valence-electron chi connectivity index (χ4n) is 0.720. The van der Waals surface area contributed by atoms with E-state index in [2.05, 4.69) is 5.32 Å². The molecule has 0 bridgehead atoms. The second-order valence-corrected chi connectivity index (χ2v) is 3.57. The number of nitriles is 1. The maximum absolute atomic E-state index is 10.6. The van der Waals surface area contributed by atoms with Gasteiger partial charge in [-0.05, 0) is 0 Å². The number of amides is 1. The number of rotatable bonds is 1. The van der Waals surface area contributed by atoms with Gasteiger partial charge < -0.3 is 5.32 Å². The lowest BCUT2D eigenvalue weighted by Crippen LogP contribution is -2.05. The number of thiophene rings is 1. The molecule has 1 rings (SSSR count). The molecule has 5 heteroatoms. The molecular weight excluding hydrogens is 196 g/mol. The normalized spacial score (nSPS) is 9.08. The summed E-state index contributed by atoms with van der Waals surface area (Å²) in [5.74, 6) is -0.207. The monoisotopic (exact) mass is 200 g/mol. The molecule has 3 nitrogen and oxygen atoms in total. The van der Waals surface area contributed by atoms with E-state index in [0.717, 1.165) is 0 Å². The summed E-state index contributed by atoms with van der Waals surface area (Å²) in [6, 6.07) is 1.91. The number of hydrogen-bond acceptors (Lipinski definition) is 3. The number of halogens is 1. The molecule has 0 fully saturated rings. The smallest absolute Gasteiger partial charge is 0.221 e. The lowest BCUT2D eigenvalue weighted by molar-refractivity contribution is -0.114. The summed E-state index contributed by atoms with van der Waals surface area (Å²) in [6.45, 7) is 1.38. The van der Waals surface area contributed by atoms with Crippen LogP contribution in [0.25, 0.3) is 0 Å². The second-order valence-electron chi connectivity index (χ2n) is 2.09. The zero-order chi connectivity index (χ0) is 9.14. The Morgan fingerprint density at radius 3 is 3.00 bits per heavy atom. The molecule has 1 N–H and O–H groups in total. The van der Waals surface area contributed by atoms with Gasteiger partial charge in [-0.3, -0.25) is 4.79 Å². The van der Waals surface area contributed by atoms with Crippen molar-refractivity contribution in [1.29, 1.82) is 5.26 Å². The molecule has 0 aliphatic heterocycles. The van der Waals surface area contributed by atoms with Crippen LogP contribution in [0.4, 0.5) is 5.69 Å². The third-order valence-corrected chi connectivity index (χ3v) is 2.39. The molecule has 62 valence electrons. The summed E-state index contributed by atoms with van der Waals surface area (Å²) in [5, 5.41) is 12.8. The molecule has 0 aliphatic carbocycles. The summed E-state index contributed by atoms with van der Waals surface area (Å²) in [5.41, 5.74) is 0.817. The molecular formula is C7H5ClN2OS. The van der Waals surface area contributed by atoms with Gasteiger partial charge in [0, 0.05) is 12.3 Å². The summed E-state index contributed by atoms with van der Waals surface area (Å²) >= 11 is 6.90. The topological polar surface area (TPSA) is 52.9 Å². The number of nitrogens with zero attached hydrogens (tertiary/aromatic N) is 1. The van der Waals surface area contributed by atoms with E-state index >= 15 is 0 Å². The van der Waals surface area contributed by atoms with E-state index < -0.39 is 0 Å². The van der Waals surface area contributed by atoms with E-state index in [-0.39, 0.29) is 5.91 Å². The first-order valence-electron chi connectivity index (χ1n) is 3.10. The molecule has 1 heterocycles. The second kappa shape index (κ2) is 3.57. The molecule has 0 aromatic carbocycles. The van der Waals surface area contributed by atoms with Crippen molar-refractivity contribution in [1.82, 2.24) is 0 Å². The van der Waals surface area contributed by atoms with Crippen molar-refractivity contribution in [2.24, 2.45) is 0 Å². The Kier molecular flexibility index (Phi) is 2.69. The van der Waals surface area contributed by atoms with Gasteiger partial charge in [0.2, 0.25) is 5.91 Å². The number of nitrogens with one attached hydrogen (secondary N) is 1. The molecule has 0 aliphatic rings. The zero-order valence-corrected chi connectivity index (χ0v) is 7.79. The van der Waals surface area contributed by atoms with Gasteiger partial charge in [-0.1, -0.05) is 11.6 Å². The highest BCUT2D eigenvalue weighted by Crippen LogP contribution is 2.30. The predicted molar refractivity (Wildman–Crippen MR) is 48.3 cm³/mol. The predicted octanol–water partition coefficient (Wildman–Crippen LogP) is 2.23. The van der Waals surface area contributed by atoms with Crippen molar-refractivity contribution in [3.63, 3.8) is 0 Å². The molecule has 0 saturated carbocycles. The molecule has 0 atom stereocenters. The minimum Gasteiger partial charge on any atom is -0.324 e. The van der Waals surface area contributed by atoms with E-state index in [4.69, 9.17) is 16.9 Å². The van der Waals surface area contributed by atoms with Gasteiger partial charge in [0.25, 0.3) is 0 Å². The summed E-state index contributed by atoms with van der Waals surface area (Å²) in [4.78, 5) is 10.6. The lowest BCUT2D eigenvalue weighted by atomic mass is 10.3. The number of carbonyl (C=O) groups is 1. The van der Waals surface area contributed by atoms with Crippen LogP contribution in [0.3, 0.4) is 0 Å². The Morgan fingerprint density at radius 2 is 2.50 bits per heavy atom. The highest BCUT2D eigenvalue weighted by atomic mass is 35.5. The van der Waals surface area contributed by atoms with Gasteiger partial charge in [0.15, 0.2) is 0 Å². The average molecular weight is 201 g/mol. The van der Waals surface area contributed by atoms with Crippen molar-refractivity contribution in [2.45, 2.75) is 6.92 Å². The van der Waals surface area contributed by atoms with Gasteiger partial charge in [-0.2, -0.15) is 5.26 Å². The van der Waals surface area contributed by atoms with Crippen LogP contribution in [0.5, 0.6) is 0 Å². The zero-order valence-electron chi connectivity index (χ0n) is 6.22. The molecule has 1 amide bonds. The minimum absolute atomic E-state index is 0.207. The van der Waals surface area contributed by atoms with Crippen LogP contribution in [0.1, 0.15) is 12.5 Å². The SMILES string of the molecule is CC(=O)Nc1csc(Cl)c1C#N. The van der Waals surface area contributed by atoms with Crippen molar-refractivity contribution < 1.29 is 4.79 Å². The summed E-state index contributed by atoms with van der Waals surface area (Å²) in [6.07, 6.45) is 0. The first kappa shape index (κ1) is 9.04. The number of hydrogen-bond donors (Lipinski definition) is 1. The highest BCUT2D eigenvalue weighted by Gasteiger charge is 2.09. The minimum atomic E-state index is -0.207. The fourth-order valence-corrected chi connectivity index (χ4v) is 1.67. The van der Waals surface area contributed by atoms with E-state index in [1.165, 1.54) is 18.3 Å². The quantitative estimate of drug-likeness (QED) is 0.756. The van der Waals surface area contributed by atoms with Crippen LogP contribution in [-0.2, 0) is 4.79 Å². The third-order valence-electron chi connectivity index (χ3n) is 1.17. The Morgan fingerprint density at radius 1 is 1.83 bits per heavy atom. The molecule has 0 radical (unpaired) electrons. The van der Waals surface area contributed by atoms with Gasteiger partial charge in [-0.15, -0.1) is 11.3 Å². The van der Waals surface area contributed by atoms with E-state index in [1.54, 1.807) is 5.38 Å². The van der Waals surface area contributed by atoms with E-state index in [1.807, 2.05) is 6.07 Å². The Balaban J connectivity index is 3.01. The van der Waals surface area contributed by atoms with Crippen molar-refractivity contribution in [2.75, 3.05) is 5.32 Å². The van der Waals surface area contributed by atoms with Crippen molar-refractivity contribution in [3.05, 3.63) is 15.3 Å². The molecule has 1 aromatic heterocycles. The van der Waals surface area contributed by atoms with Crippen molar-refractivity contribution >= 4 is 34.5 Å². The summed E-state index contributed by atoms with van der Waals surface area (Å²) < 4.78 is 0.404. The first-order chi connectivity index (χ1) is 5.65. The Labute approximate surface area is 78.6 Å². The highest BCUT2D eigenvalue weighted by molar-refractivity contribution is 7.15. The van der Waals surface area contributed by atoms with Crippen LogP contribution in [0, 0.1) is 11.3 Å². The first-order valence-corrected chi connectivity index (χ1v) is 4.35. The lowest BCUT2D eigenvalue weighted by Gasteiger charge is -1.96. The van der Waals surface area contributed by atoms with Crippen LogP contribution in [0.15, 0.2) is 5.38 Å². The maximum Gasteiger partial charge on any atom is 0.221 e. The molecule has 12 heavy (non-hydrogen) atoms. The number of anilines is 1. The third kappa shape index (κ3) is 1.76. The van der Waals surface area contributed by atoms with Crippen LogP contribution < -0.4 is 5.32 Å². The Hall–Kier alpha value is -1.05.